The minimum Gasteiger partial charge on any atom is -0.351 e. The van der Waals surface area contributed by atoms with Gasteiger partial charge in [0.25, 0.3) is 11.5 Å². The van der Waals surface area contributed by atoms with Gasteiger partial charge in [-0.15, -0.1) is 5.10 Å². The first-order valence-electron chi connectivity index (χ1n) is 8.17. The van der Waals surface area contributed by atoms with Crippen molar-refractivity contribution in [2.45, 2.75) is 32.2 Å². The van der Waals surface area contributed by atoms with Gasteiger partial charge < -0.3 is 14.8 Å². The van der Waals surface area contributed by atoms with Crippen molar-refractivity contribution >= 4 is 11.7 Å². The molecule has 8 nitrogen and oxygen atoms in total. The highest BCUT2D eigenvalue weighted by Crippen LogP contribution is 2.24. The molecule has 25 heavy (non-hydrogen) atoms. The number of aromatic nitrogens is 4. The van der Waals surface area contributed by atoms with Crippen LogP contribution in [0.4, 0.5) is 5.82 Å². The van der Waals surface area contributed by atoms with Crippen molar-refractivity contribution in [3.05, 3.63) is 46.3 Å². The summed E-state index contributed by atoms with van der Waals surface area (Å²) in [6, 6.07) is 5.22. The molecule has 0 atom stereocenters. The molecule has 1 aliphatic rings. The lowest BCUT2D eigenvalue weighted by atomic mass is 9.92. The van der Waals surface area contributed by atoms with Crippen LogP contribution in [-0.2, 0) is 5.41 Å². The van der Waals surface area contributed by atoms with Crippen LogP contribution in [0, 0.1) is 0 Å². The summed E-state index contributed by atoms with van der Waals surface area (Å²) in [6.07, 6.45) is 1.24. The number of carbonyl (C=O) groups is 1. The van der Waals surface area contributed by atoms with Crippen molar-refractivity contribution < 1.29 is 4.79 Å². The molecule has 0 aromatic carbocycles. The van der Waals surface area contributed by atoms with Gasteiger partial charge in [0, 0.05) is 31.6 Å². The second-order valence-electron chi connectivity index (χ2n) is 7.30. The first kappa shape index (κ1) is 17.1. The van der Waals surface area contributed by atoms with Gasteiger partial charge in [0.05, 0.1) is 18.1 Å². The third-order valence-corrected chi connectivity index (χ3v) is 4.37. The number of likely N-dealkylation sites (N-methyl/N-ethyl adjacent to an activating group) is 1. The molecule has 2 aromatic heterocycles. The maximum atomic E-state index is 12.4. The summed E-state index contributed by atoms with van der Waals surface area (Å²) in [7, 11) is 1.72. The van der Waals surface area contributed by atoms with Crippen LogP contribution >= 0.6 is 0 Å². The number of nitrogens with zero attached hydrogens (tertiary/aromatic N) is 5. The average molecular weight is 342 g/mol. The van der Waals surface area contributed by atoms with E-state index >= 15 is 0 Å². The largest absolute Gasteiger partial charge is 0.351 e. The van der Waals surface area contributed by atoms with Crippen molar-refractivity contribution in [1.82, 2.24) is 25.1 Å². The summed E-state index contributed by atoms with van der Waals surface area (Å²) in [5.41, 5.74) is 0.729. The van der Waals surface area contributed by atoms with Crippen LogP contribution in [0.1, 0.15) is 37.0 Å². The molecular weight excluding hydrogens is 320 g/mol. The number of nitrogens with one attached hydrogen (secondary N) is 1. The molecule has 3 heterocycles. The smallest absolute Gasteiger partial charge is 0.272 e. The molecule has 8 heteroatoms. The van der Waals surface area contributed by atoms with Crippen LogP contribution in [0.2, 0.25) is 0 Å². The van der Waals surface area contributed by atoms with E-state index in [0.29, 0.717) is 13.1 Å². The van der Waals surface area contributed by atoms with Crippen molar-refractivity contribution in [3.8, 4) is 0 Å². The van der Waals surface area contributed by atoms with Gasteiger partial charge in [0.2, 0.25) is 0 Å². The summed E-state index contributed by atoms with van der Waals surface area (Å²) < 4.78 is 0. The van der Waals surface area contributed by atoms with E-state index in [1.807, 2.05) is 12.1 Å². The Balaban J connectivity index is 1.62. The Bertz CT molecular complexity index is 818. The van der Waals surface area contributed by atoms with Crippen molar-refractivity contribution in [2.24, 2.45) is 0 Å². The first-order chi connectivity index (χ1) is 11.8. The highest BCUT2D eigenvalue weighted by Gasteiger charge is 2.34. The molecule has 0 radical (unpaired) electrons. The van der Waals surface area contributed by atoms with Crippen LogP contribution in [-0.4, -0.2) is 57.2 Å². The fourth-order valence-electron chi connectivity index (χ4n) is 2.61. The molecule has 0 spiro atoms. The minimum absolute atomic E-state index is 0.0316. The standard InChI is InChI=1S/C17H22N6O2/c1-17(2,3)13-5-6-14(21-20-13)23-8-11(9-23)22(4)16(25)12-7-15(24)19-10-18-12/h5-7,10-11H,8-9H2,1-4H3,(H,18,19,24). The van der Waals surface area contributed by atoms with E-state index < -0.39 is 0 Å². The van der Waals surface area contributed by atoms with E-state index in [-0.39, 0.29) is 28.6 Å². The fourth-order valence-corrected chi connectivity index (χ4v) is 2.61. The number of aromatic amines is 1. The van der Waals surface area contributed by atoms with Gasteiger partial charge in [0.15, 0.2) is 5.82 Å². The van der Waals surface area contributed by atoms with Gasteiger partial charge in [0.1, 0.15) is 5.69 Å². The monoisotopic (exact) mass is 342 g/mol. The number of H-pyrrole nitrogens is 1. The van der Waals surface area contributed by atoms with Crippen molar-refractivity contribution in [1.29, 1.82) is 0 Å². The molecule has 1 aliphatic heterocycles. The number of carbonyl (C=O) groups excluding carboxylic acids is 1. The Labute approximate surface area is 145 Å². The van der Waals surface area contributed by atoms with Crippen LogP contribution in [0.3, 0.4) is 0 Å². The van der Waals surface area contributed by atoms with Crippen LogP contribution in [0.15, 0.2) is 29.3 Å². The highest BCUT2D eigenvalue weighted by atomic mass is 16.2. The van der Waals surface area contributed by atoms with Crippen molar-refractivity contribution in [2.75, 3.05) is 25.0 Å². The number of amides is 1. The average Bonchev–Trinajstić information content (AvgIpc) is 2.52. The lowest BCUT2D eigenvalue weighted by Gasteiger charge is -2.44. The van der Waals surface area contributed by atoms with Crippen LogP contribution in [0.5, 0.6) is 0 Å². The molecule has 2 aromatic rings. The predicted molar refractivity (Wildman–Crippen MR) is 93.7 cm³/mol. The molecule has 0 aliphatic carbocycles. The molecule has 0 saturated carbocycles. The third kappa shape index (κ3) is 3.52. The first-order valence-corrected chi connectivity index (χ1v) is 8.17. The minimum atomic E-state index is -0.337. The topological polar surface area (TPSA) is 95.1 Å². The number of rotatable bonds is 3. The molecule has 0 bridgehead atoms. The zero-order valence-electron chi connectivity index (χ0n) is 14.9. The zero-order valence-corrected chi connectivity index (χ0v) is 14.9. The summed E-state index contributed by atoms with van der Waals surface area (Å²) in [6.45, 7) is 7.64. The van der Waals surface area contributed by atoms with Crippen LogP contribution < -0.4 is 10.5 Å². The Kier molecular flexibility index (Phi) is 4.28. The molecule has 3 rings (SSSR count). The van der Waals surface area contributed by atoms with E-state index in [1.54, 1.807) is 11.9 Å². The molecular formula is C17H22N6O2. The van der Waals surface area contributed by atoms with Gasteiger partial charge in [-0.1, -0.05) is 20.8 Å². The number of hydrogen-bond donors (Lipinski definition) is 1. The maximum Gasteiger partial charge on any atom is 0.272 e. The van der Waals surface area contributed by atoms with E-state index in [1.165, 1.54) is 12.4 Å². The SMILES string of the molecule is CN(C(=O)c1cc(=O)[nH]cn1)C1CN(c2ccc(C(C)(C)C)nn2)C1. The number of hydrogen-bond acceptors (Lipinski definition) is 6. The summed E-state index contributed by atoms with van der Waals surface area (Å²) in [5.74, 6) is 0.546. The zero-order chi connectivity index (χ0) is 18.2. The van der Waals surface area contributed by atoms with Gasteiger partial charge in [-0.25, -0.2) is 4.98 Å². The summed E-state index contributed by atoms with van der Waals surface area (Å²) in [5, 5.41) is 8.58. The lowest BCUT2D eigenvalue weighted by Crippen LogP contribution is -2.60. The highest BCUT2D eigenvalue weighted by molar-refractivity contribution is 5.92. The van der Waals surface area contributed by atoms with E-state index in [9.17, 15) is 9.59 Å². The second kappa shape index (κ2) is 6.27. The fraction of sp³-hybridized carbons (Fsp3) is 0.471. The van der Waals surface area contributed by atoms with E-state index in [4.69, 9.17) is 0 Å². The van der Waals surface area contributed by atoms with Gasteiger partial charge in [-0.3, -0.25) is 9.59 Å². The second-order valence-corrected chi connectivity index (χ2v) is 7.30. The van der Waals surface area contributed by atoms with Crippen LogP contribution in [0.25, 0.3) is 0 Å². The van der Waals surface area contributed by atoms with Gasteiger partial charge in [-0.2, -0.15) is 5.10 Å². The number of anilines is 1. The molecule has 132 valence electrons. The normalized spacial score (nSPS) is 15.0. The molecule has 0 unspecified atom stereocenters. The predicted octanol–water partition coefficient (Wildman–Crippen LogP) is 0.818. The van der Waals surface area contributed by atoms with E-state index in [2.05, 4.69) is 45.8 Å². The molecule has 1 N–H and O–H groups in total. The Morgan fingerprint density at radius 2 is 2.00 bits per heavy atom. The van der Waals surface area contributed by atoms with Crippen molar-refractivity contribution in [3.63, 3.8) is 0 Å². The quantitative estimate of drug-likeness (QED) is 0.887. The summed E-state index contributed by atoms with van der Waals surface area (Å²) in [4.78, 5) is 33.7. The lowest BCUT2D eigenvalue weighted by molar-refractivity contribution is 0.0698. The Morgan fingerprint density at radius 1 is 1.28 bits per heavy atom. The molecule has 1 amide bonds. The Morgan fingerprint density at radius 3 is 2.56 bits per heavy atom. The molecule has 1 fully saturated rings. The third-order valence-electron chi connectivity index (χ3n) is 4.37. The van der Waals surface area contributed by atoms with Gasteiger partial charge >= 0.3 is 0 Å². The maximum absolute atomic E-state index is 12.4. The summed E-state index contributed by atoms with van der Waals surface area (Å²) >= 11 is 0. The molecule has 1 saturated heterocycles. The van der Waals surface area contributed by atoms with Gasteiger partial charge in [-0.05, 0) is 12.1 Å². The Hall–Kier alpha value is -2.77. The van der Waals surface area contributed by atoms with E-state index in [0.717, 1.165) is 11.5 Å².